The van der Waals surface area contributed by atoms with Gasteiger partial charge in [0.15, 0.2) is 0 Å². The quantitative estimate of drug-likeness (QED) is 0.587. The van der Waals surface area contributed by atoms with E-state index < -0.39 is 36.5 Å². The van der Waals surface area contributed by atoms with Crippen LogP contribution in [-0.2, 0) is 9.59 Å². The molecule has 110 valence electrons. The average molecular weight is 285 g/mol. The molecule has 4 N–H and O–H groups in total. The van der Waals surface area contributed by atoms with E-state index in [4.69, 9.17) is 14.6 Å². The van der Waals surface area contributed by atoms with Crippen molar-refractivity contribution in [1.29, 1.82) is 0 Å². The first-order valence-corrected chi connectivity index (χ1v) is 5.73. The van der Waals surface area contributed by atoms with E-state index >= 15 is 0 Å². The number of carboxylic acid groups (broad SMARTS) is 2. The van der Waals surface area contributed by atoms with Gasteiger partial charge < -0.3 is 25.3 Å². The summed E-state index contributed by atoms with van der Waals surface area (Å²) in [6, 6.07) is -2.91. The number of carbonyl (C=O) groups excluding carboxylic acids is 1. The zero-order valence-corrected chi connectivity index (χ0v) is 10.9. The molecule has 1 heterocycles. The van der Waals surface area contributed by atoms with E-state index in [1.807, 2.05) is 0 Å². The summed E-state index contributed by atoms with van der Waals surface area (Å²) in [5.74, 6) is -1.91. The molecular formula is C11H15N3O6. The SMILES string of the molecule is Cc1cnc(C(C)NC(=O)N[C@H](CC(=O)O)C(=O)O)o1. The van der Waals surface area contributed by atoms with Gasteiger partial charge in [-0.1, -0.05) is 0 Å². The number of hydrogen-bond acceptors (Lipinski definition) is 5. The molecule has 0 spiro atoms. The molecule has 0 saturated heterocycles. The van der Waals surface area contributed by atoms with Gasteiger partial charge in [0.25, 0.3) is 0 Å². The lowest BCUT2D eigenvalue weighted by Gasteiger charge is -2.15. The van der Waals surface area contributed by atoms with Crippen molar-refractivity contribution in [1.82, 2.24) is 15.6 Å². The zero-order valence-electron chi connectivity index (χ0n) is 10.9. The molecule has 2 amide bonds. The van der Waals surface area contributed by atoms with Gasteiger partial charge in [-0.2, -0.15) is 0 Å². The second-order valence-electron chi connectivity index (χ2n) is 4.14. The molecule has 0 bridgehead atoms. The Balaban J connectivity index is 2.57. The molecule has 0 aliphatic heterocycles. The highest BCUT2D eigenvalue weighted by Crippen LogP contribution is 2.11. The largest absolute Gasteiger partial charge is 0.481 e. The van der Waals surface area contributed by atoms with Gasteiger partial charge >= 0.3 is 18.0 Å². The van der Waals surface area contributed by atoms with E-state index in [1.54, 1.807) is 13.8 Å². The average Bonchev–Trinajstić information content (AvgIpc) is 2.74. The van der Waals surface area contributed by atoms with Crippen LogP contribution in [0.25, 0.3) is 0 Å². The number of nitrogens with one attached hydrogen (secondary N) is 2. The second-order valence-corrected chi connectivity index (χ2v) is 4.14. The fourth-order valence-electron chi connectivity index (χ4n) is 1.41. The standard InChI is InChI=1S/C11H15N3O6/c1-5-4-12-9(20-5)6(2)13-11(19)14-7(10(17)18)3-8(15)16/h4,6-7H,3H2,1-2H3,(H,15,16)(H,17,18)(H2,13,14,19)/t6?,7-/m1/s1. The fraction of sp³-hybridized carbons (Fsp3) is 0.455. The van der Waals surface area contributed by atoms with E-state index in [0.717, 1.165) is 0 Å². The minimum Gasteiger partial charge on any atom is -0.481 e. The summed E-state index contributed by atoms with van der Waals surface area (Å²) in [7, 11) is 0. The van der Waals surface area contributed by atoms with Crippen molar-refractivity contribution in [2.75, 3.05) is 0 Å². The van der Waals surface area contributed by atoms with Crippen LogP contribution in [0.5, 0.6) is 0 Å². The van der Waals surface area contributed by atoms with Crippen molar-refractivity contribution < 1.29 is 29.0 Å². The molecule has 1 rings (SSSR count). The van der Waals surface area contributed by atoms with E-state index in [1.165, 1.54) is 6.20 Å². The van der Waals surface area contributed by atoms with Gasteiger partial charge in [-0.05, 0) is 13.8 Å². The number of aliphatic carboxylic acids is 2. The van der Waals surface area contributed by atoms with Crippen LogP contribution in [0.1, 0.15) is 31.0 Å². The summed E-state index contributed by atoms with van der Waals surface area (Å²) in [6.07, 6.45) is 0.769. The van der Waals surface area contributed by atoms with Crippen molar-refractivity contribution in [3.63, 3.8) is 0 Å². The molecule has 0 fully saturated rings. The predicted octanol–water partition coefficient (Wildman–Crippen LogP) is 0.271. The Bertz CT molecular complexity index is 512. The van der Waals surface area contributed by atoms with Crippen molar-refractivity contribution in [3.05, 3.63) is 17.8 Å². The first kappa shape index (κ1) is 15.5. The number of nitrogens with zero attached hydrogens (tertiary/aromatic N) is 1. The monoisotopic (exact) mass is 285 g/mol. The highest BCUT2D eigenvalue weighted by atomic mass is 16.4. The fourth-order valence-corrected chi connectivity index (χ4v) is 1.41. The second kappa shape index (κ2) is 6.55. The van der Waals surface area contributed by atoms with Crippen molar-refractivity contribution >= 4 is 18.0 Å². The van der Waals surface area contributed by atoms with Gasteiger partial charge in [0, 0.05) is 0 Å². The topological polar surface area (TPSA) is 142 Å². The molecule has 0 aliphatic rings. The van der Waals surface area contributed by atoms with Gasteiger partial charge in [0.2, 0.25) is 5.89 Å². The molecule has 0 saturated carbocycles. The summed E-state index contributed by atoms with van der Waals surface area (Å²) in [5, 5.41) is 21.8. The predicted molar refractivity (Wildman–Crippen MR) is 65.0 cm³/mol. The Morgan fingerprint density at radius 2 is 2.00 bits per heavy atom. The first-order valence-electron chi connectivity index (χ1n) is 5.73. The molecule has 9 heteroatoms. The number of oxazole rings is 1. The number of rotatable bonds is 6. The molecule has 0 aliphatic carbocycles. The maximum atomic E-state index is 11.6. The highest BCUT2D eigenvalue weighted by molar-refractivity contribution is 5.86. The molecule has 1 unspecified atom stereocenters. The van der Waals surface area contributed by atoms with E-state index in [-0.39, 0.29) is 5.89 Å². The van der Waals surface area contributed by atoms with Crippen LogP contribution < -0.4 is 10.6 Å². The number of hydrogen-bond donors (Lipinski definition) is 4. The number of urea groups is 1. The van der Waals surface area contributed by atoms with Crippen LogP contribution in [0.3, 0.4) is 0 Å². The summed E-state index contributed by atoms with van der Waals surface area (Å²) < 4.78 is 5.20. The molecule has 1 aromatic heterocycles. The molecule has 1 aromatic rings. The lowest BCUT2D eigenvalue weighted by Crippen LogP contribution is -2.47. The molecule has 0 radical (unpaired) electrons. The molecule has 9 nitrogen and oxygen atoms in total. The zero-order chi connectivity index (χ0) is 15.3. The third kappa shape index (κ3) is 4.59. The lowest BCUT2D eigenvalue weighted by molar-refractivity contribution is -0.145. The summed E-state index contributed by atoms with van der Waals surface area (Å²) in [5.41, 5.74) is 0. The highest BCUT2D eigenvalue weighted by Gasteiger charge is 2.24. The number of carbonyl (C=O) groups is 3. The molecular weight excluding hydrogens is 270 g/mol. The lowest BCUT2D eigenvalue weighted by atomic mass is 10.2. The van der Waals surface area contributed by atoms with Crippen LogP contribution in [-0.4, -0.2) is 39.2 Å². The minimum absolute atomic E-state index is 0.266. The van der Waals surface area contributed by atoms with Crippen molar-refractivity contribution in [2.24, 2.45) is 0 Å². The third-order valence-corrected chi connectivity index (χ3v) is 2.34. The van der Waals surface area contributed by atoms with Gasteiger partial charge in [-0.3, -0.25) is 4.79 Å². The van der Waals surface area contributed by atoms with Gasteiger partial charge in [0.05, 0.1) is 12.6 Å². The smallest absolute Gasteiger partial charge is 0.326 e. The first-order chi connectivity index (χ1) is 9.29. The Morgan fingerprint density at radius 3 is 2.45 bits per heavy atom. The maximum Gasteiger partial charge on any atom is 0.326 e. The number of carboxylic acids is 2. The van der Waals surface area contributed by atoms with Crippen LogP contribution >= 0.6 is 0 Å². The maximum absolute atomic E-state index is 11.6. The van der Waals surface area contributed by atoms with E-state index in [0.29, 0.717) is 5.76 Å². The minimum atomic E-state index is -1.51. The summed E-state index contributed by atoms with van der Waals surface area (Å²) in [6.45, 7) is 3.29. The Labute approximate surface area is 114 Å². The number of amides is 2. The Kier molecular flexibility index (Phi) is 5.07. The number of aromatic nitrogens is 1. The van der Waals surface area contributed by atoms with Crippen LogP contribution in [0, 0.1) is 6.92 Å². The Morgan fingerprint density at radius 1 is 1.35 bits per heavy atom. The third-order valence-electron chi connectivity index (χ3n) is 2.34. The van der Waals surface area contributed by atoms with Gasteiger partial charge in [-0.15, -0.1) is 0 Å². The van der Waals surface area contributed by atoms with E-state index in [9.17, 15) is 14.4 Å². The summed E-state index contributed by atoms with van der Waals surface area (Å²) >= 11 is 0. The normalized spacial score (nSPS) is 13.3. The van der Waals surface area contributed by atoms with Gasteiger partial charge in [0.1, 0.15) is 17.8 Å². The van der Waals surface area contributed by atoms with Crippen LogP contribution in [0.15, 0.2) is 10.6 Å². The molecule has 2 atom stereocenters. The van der Waals surface area contributed by atoms with Crippen LogP contribution in [0.4, 0.5) is 4.79 Å². The molecule has 0 aromatic carbocycles. The summed E-state index contributed by atoms with van der Waals surface area (Å²) in [4.78, 5) is 36.8. The van der Waals surface area contributed by atoms with Crippen molar-refractivity contribution in [3.8, 4) is 0 Å². The van der Waals surface area contributed by atoms with Crippen LogP contribution in [0.2, 0.25) is 0 Å². The Hall–Kier alpha value is -2.58. The molecule has 20 heavy (non-hydrogen) atoms. The van der Waals surface area contributed by atoms with Crippen molar-refractivity contribution in [2.45, 2.75) is 32.4 Å². The number of aryl methyl sites for hydroxylation is 1. The van der Waals surface area contributed by atoms with Gasteiger partial charge in [-0.25, -0.2) is 14.6 Å². The van der Waals surface area contributed by atoms with E-state index in [2.05, 4.69) is 15.6 Å².